The molecule has 3 heterocycles. The minimum atomic E-state index is -0.203. The van der Waals surface area contributed by atoms with Crippen LogP contribution in [0.1, 0.15) is 18.2 Å². The summed E-state index contributed by atoms with van der Waals surface area (Å²) in [6.07, 6.45) is 4.63. The molecule has 2 unspecified atom stereocenters. The minimum Gasteiger partial charge on any atom is -0.393 e. The van der Waals surface area contributed by atoms with Crippen LogP contribution in [0.3, 0.4) is 0 Å². The van der Waals surface area contributed by atoms with E-state index in [1.807, 2.05) is 31.3 Å². The summed E-state index contributed by atoms with van der Waals surface area (Å²) < 4.78 is 0. The standard InChI is InChI=1S/C15H19N3OS/c1-11(19)12-5-7-18(9-12)10-13-8-17-15(20-13)14-4-2-3-6-16-14/h2-4,6,8,11-12,19H,5,7,9-10H2,1H3. The average molecular weight is 289 g/mol. The second kappa shape index (κ2) is 5.99. The van der Waals surface area contributed by atoms with Crippen LogP contribution in [0.25, 0.3) is 10.7 Å². The zero-order chi connectivity index (χ0) is 13.9. The number of pyridine rings is 1. The molecule has 1 saturated heterocycles. The molecule has 5 heteroatoms. The van der Waals surface area contributed by atoms with Gasteiger partial charge in [-0.1, -0.05) is 6.07 Å². The first-order valence-corrected chi connectivity index (χ1v) is 7.80. The lowest BCUT2D eigenvalue weighted by molar-refractivity contribution is 0.127. The average Bonchev–Trinajstić information content (AvgIpc) is 3.10. The zero-order valence-electron chi connectivity index (χ0n) is 11.6. The first-order valence-electron chi connectivity index (χ1n) is 6.99. The summed E-state index contributed by atoms with van der Waals surface area (Å²) in [5.41, 5.74) is 0.937. The second-order valence-corrected chi connectivity index (χ2v) is 6.49. The van der Waals surface area contributed by atoms with Crippen LogP contribution in [0.15, 0.2) is 30.6 Å². The number of aliphatic hydroxyl groups is 1. The highest BCUT2D eigenvalue weighted by molar-refractivity contribution is 7.14. The van der Waals surface area contributed by atoms with Crippen LogP contribution in [-0.2, 0) is 6.54 Å². The molecule has 0 bridgehead atoms. The van der Waals surface area contributed by atoms with Crippen molar-refractivity contribution in [1.82, 2.24) is 14.9 Å². The van der Waals surface area contributed by atoms with Crippen LogP contribution in [0.5, 0.6) is 0 Å². The third-order valence-electron chi connectivity index (χ3n) is 3.81. The minimum absolute atomic E-state index is 0.203. The predicted octanol–water partition coefficient (Wildman–Crippen LogP) is 2.41. The lowest BCUT2D eigenvalue weighted by Gasteiger charge is -2.16. The molecule has 20 heavy (non-hydrogen) atoms. The van der Waals surface area contributed by atoms with Crippen LogP contribution in [0.2, 0.25) is 0 Å². The molecule has 0 aromatic carbocycles. The van der Waals surface area contributed by atoms with Crippen molar-refractivity contribution < 1.29 is 5.11 Å². The molecule has 0 radical (unpaired) electrons. The van der Waals surface area contributed by atoms with Crippen LogP contribution in [-0.4, -0.2) is 39.2 Å². The van der Waals surface area contributed by atoms with Gasteiger partial charge in [-0.2, -0.15) is 0 Å². The Morgan fingerprint density at radius 1 is 1.45 bits per heavy atom. The summed E-state index contributed by atoms with van der Waals surface area (Å²) >= 11 is 1.70. The predicted molar refractivity (Wildman–Crippen MR) is 80.4 cm³/mol. The van der Waals surface area contributed by atoms with E-state index in [9.17, 15) is 5.11 Å². The van der Waals surface area contributed by atoms with Gasteiger partial charge in [-0.25, -0.2) is 4.98 Å². The molecule has 2 aromatic heterocycles. The van der Waals surface area contributed by atoms with Gasteiger partial charge in [0.25, 0.3) is 0 Å². The Kier molecular flexibility index (Phi) is 4.10. The van der Waals surface area contributed by atoms with Gasteiger partial charge in [0.15, 0.2) is 0 Å². The normalized spacial score (nSPS) is 21.2. The Balaban J connectivity index is 1.64. The molecule has 3 rings (SSSR count). The number of rotatable bonds is 4. The molecule has 0 aliphatic carbocycles. The molecule has 1 N–H and O–H groups in total. The number of aliphatic hydroxyl groups excluding tert-OH is 1. The van der Waals surface area contributed by atoms with Gasteiger partial charge in [0, 0.05) is 30.4 Å². The van der Waals surface area contributed by atoms with E-state index in [1.165, 1.54) is 4.88 Å². The van der Waals surface area contributed by atoms with E-state index >= 15 is 0 Å². The number of likely N-dealkylation sites (tertiary alicyclic amines) is 1. The van der Waals surface area contributed by atoms with Crippen LogP contribution in [0, 0.1) is 5.92 Å². The topological polar surface area (TPSA) is 49.2 Å². The maximum absolute atomic E-state index is 9.64. The van der Waals surface area contributed by atoms with Crippen molar-refractivity contribution in [2.24, 2.45) is 5.92 Å². The summed E-state index contributed by atoms with van der Waals surface area (Å²) in [7, 11) is 0. The Morgan fingerprint density at radius 3 is 3.05 bits per heavy atom. The van der Waals surface area contributed by atoms with Gasteiger partial charge in [0.05, 0.1) is 11.8 Å². The fourth-order valence-corrected chi connectivity index (χ4v) is 3.54. The highest BCUT2D eigenvalue weighted by Crippen LogP contribution is 2.26. The first-order chi connectivity index (χ1) is 9.72. The Labute approximate surface area is 123 Å². The van der Waals surface area contributed by atoms with E-state index in [0.29, 0.717) is 5.92 Å². The zero-order valence-corrected chi connectivity index (χ0v) is 12.4. The molecular formula is C15H19N3OS. The Bertz CT molecular complexity index is 555. The van der Waals surface area contributed by atoms with Gasteiger partial charge in [0.1, 0.15) is 5.01 Å². The van der Waals surface area contributed by atoms with E-state index in [0.717, 1.165) is 36.8 Å². The van der Waals surface area contributed by atoms with Crippen LogP contribution < -0.4 is 0 Å². The quantitative estimate of drug-likeness (QED) is 0.939. The van der Waals surface area contributed by atoms with Gasteiger partial charge >= 0.3 is 0 Å². The Morgan fingerprint density at radius 2 is 2.35 bits per heavy atom. The van der Waals surface area contributed by atoms with E-state index < -0.39 is 0 Å². The fraction of sp³-hybridized carbons (Fsp3) is 0.467. The van der Waals surface area contributed by atoms with Gasteiger partial charge in [-0.3, -0.25) is 9.88 Å². The maximum Gasteiger partial charge on any atom is 0.142 e. The first kappa shape index (κ1) is 13.7. The van der Waals surface area contributed by atoms with Crippen molar-refractivity contribution in [1.29, 1.82) is 0 Å². The van der Waals surface area contributed by atoms with Gasteiger partial charge in [-0.05, 0) is 37.9 Å². The molecule has 106 valence electrons. The number of hydrogen-bond donors (Lipinski definition) is 1. The SMILES string of the molecule is CC(O)C1CCN(Cc2cnc(-c3ccccn3)s2)C1. The highest BCUT2D eigenvalue weighted by Gasteiger charge is 2.26. The van der Waals surface area contributed by atoms with Crippen molar-refractivity contribution >= 4 is 11.3 Å². The largest absolute Gasteiger partial charge is 0.393 e. The van der Waals surface area contributed by atoms with Crippen molar-refractivity contribution in [3.63, 3.8) is 0 Å². The van der Waals surface area contributed by atoms with Gasteiger partial charge in [-0.15, -0.1) is 11.3 Å². The van der Waals surface area contributed by atoms with Crippen molar-refractivity contribution in [2.45, 2.75) is 26.0 Å². The van der Waals surface area contributed by atoms with Crippen molar-refractivity contribution in [3.8, 4) is 10.7 Å². The summed E-state index contributed by atoms with van der Waals surface area (Å²) in [4.78, 5) is 12.5. The summed E-state index contributed by atoms with van der Waals surface area (Å²) in [5, 5.41) is 10.6. The maximum atomic E-state index is 9.64. The van der Waals surface area contributed by atoms with E-state index in [4.69, 9.17) is 0 Å². The number of hydrogen-bond acceptors (Lipinski definition) is 5. The molecule has 1 aliphatic rings. The molecule has 0 saturated carbocycles. The molecule has 0 amide bonds. The summed E-state index contributed by atoms with van der Waals surface area (Å²) in [6, 6.07) is 5.89. The van der Waals surface area contributed by atoms with Crippen LogP contribution in [0.4, 0.5) is 0 Å². The lowest BCUT2D eigenvalue weighted by atomic mass is 10.0. The van der Waals surface area contributed by atoms with Crippen molar-refractivity contribution in [2.75, 3.05) is 13.1 Å². The number of thiazole rings is 1. The lowest BCUT2D eigenvalue weighted by Crippen LogP contribution is -2.23. The van der Waals surface area contributed by atoms with E-state index in [2.05, 4.69) is 14.9 Å². The summed E-state index contributed by atoms with van der Waals surface area (Å²) in [6.45, 7) is 4.86. The van der Waals surface area contributed by atoms with Gasteiger partial charge in [0.2, 0.25) is 0 Å². The molecule has 4 nitrogen and oxygen atoms in total. The molecule has 2 aromatic rings. The molecular weight excluding hydrogens is 270 g/mol. The number of aromatic nitrogens is 2. The second-order valence-electron chi connectivity index (χ2n) is 5.37. The monoisotopic (exact) mass is 289 g/mol. The smallest absolute Gasteiger partial charge is 0.142 e. The molecule has 1 aliphatic heterocycles. The number of nitrogens with zero attached hydrogens (tertiary/aromatic N) is 3. The van der Waals surface area contributed by atoms with Gasteiger partial charge < -0.3 is 5.11 Å². The van der Waals surface area contributed by atoms with E-state index in [-0.39, 0.29) is 6.10 Å². The van der Waals surface area contributed by atoms with Crippen molar-refractivity contribution in [3.05, 3.63) is 35.5 Å². The Hall–Kier alpha value is -1.30. The third kappa shape index (κ3) is 3.06. The summed E-state index contributed by atoms with van der Waals surface area (Å²) in [5.74, 6) is 0.415. The molecule has 1 fully saturated rings. The molecule has 2 atom stereocenters. The fourth-order valence-electron chi connectivity index (χ4n) is 2.61. The van der Waals surface area contributed by atoms with Crippen LogP contribution >= 0.6 is 11.3 Å². The highest BCUT2D eigenvalue weighted by atomic mass is 32.1. The molecule has 0 spiro atoms. The van der Waals surface area contributed by atoms with E-state index in [1.54, 1.807) is 17.5 Å². The third-order valence-corrected chi connectivity index (χ3v) is 4.81.